The summed E-state index contributed by atoms with van der Waals surface area (Å²) in [6.07, 6.45) is 3.22. The van der Waals surface area contributed by atoms with Gasteiger partial charge in [-0.3, -0.25) is 0 Å². The molecule has 0 amide bonds. The molecular weight excluding hydrogens is 326 g/mol. The number of hydrogen-bond acceptors (Lipinski definition) is 2. The molecule has 1 saturated carbocycles. The number of sulfonamides is 1. The van der Waals surface area contributed by atoms with Gasteiger partial charge in [0.15, 0.2) is 0 Å². The van der Waals surface area contributed by atoms with E-state index in [0.29, 0.717) is 22.2 Å². The molecule has 1 aromatic carbocycles. The Kier molecular flexibility index (Phi) is 3.48. The lowest BCUT2D eigenvalue weighted by atomic mass is 10.1. The van der Waals surface area contributed by atoms with Crippen LogP contribution in [0, 0.1) is 12.8 Å². The SMILES string of the molecule is Cc1ccc(S(=O)(=O)N2CC[C@@H]3CCC(Br)[C@@H]32)cc1. The van der Waals surface area contributed by atoms with E-state index < -0.39 is 10.0 Å². The highest BCUT2D eigenvalue weighted by Gasteiger charge is 2.47. The van der Waals surface area contributed by atoms with Crippen LogP contribution in [0.15, 0.2) is 29.2 Å². The fraction of sp³-hybridized carbons (Fsp3) is 0.571. The maximum absolute atomic E-state index is 12.7. The quantitative estimate of drug-likeness (QED) is 0.774. The Morgan fingerprint density at radius 3 is 2.53 bits per heavy atom. The van der Waals surface area contributed by atoms with E-state index in [4.69, 9.17) is 0 Å². The highest BCUT2D eigenvalue weighted by atomic mass is 79.9. The molecule has 104 valence electrons. The fourth-order valence-corrected chi connectivity index (χ4v) is 6.18. The lowest BCUT2D eigenvalue weighted by Gasteiger charge is -2.26. The van der Waals surface area contributed by atoms with Gasteiger partial charge in [-0.2, -0.15) is 4.31 Å². The molecule has 0 N–H and O–H groups in total. The van der Waals surface area contributed by atoms with Crippen molar-refractivity contribution in [3.8, 4) is 0 Å². The first-order chi connectivity index (χ1) is 9.00. The van der Waals surface area contributed by atoms with Crippen molar-refractivity contribution < 1.29 is 8.42 Å². The van der Waals surface area contributed by atoms with Crippen molar-refractivity contribution in [2.24, 2.45) is 5.92 Å². The van der Waals surface area contributed by atoms with Gasteiger partial charge in [0.25, 0.3) is 0 Å². The van der Waals surface area contributed by atoms with E-state index in [2.05, 4.69) is 15.9 Å². The zero-order chi connectivity index (χ0) is 13.6. The lowest BCUT2D eigenvalue weighted by molar-refractivity contribution is 0.374. The first kappa shape index (κ1) is 13.6. The molecule has 1 aromatic rings. The minimum Gasteiger partial charge on any atom is -0.207 e. The second kappa shape index (κ2) is 4.86. The zero-order valence-electron chi connectivity index (χ0n) is 10.9. The normalized spacial score (nSPS) is 31.6. The van der Waals surface area contributed by atoms with Gasteiger partial charge in [0.2, 0.25) is 10.0 Å². The van der Waals surface area contributed by atoms with E-state index in [1.807, 2.05) is 19.1 Å². The van der Waals surface area contributed by atoms with Crippen molar-refractivity contribution >= 4 is 26.0 Å². The van der Waals surface area contributed by atoms with Crippen LogP contribution in [0.4, 0.5) is 0 Å². The number of aryl methyl sites for hydroxylation is 1. The molecule has 5 heteroatoms. The lowest BCUT2D eigenvalue weighted by Crippen LogP contribution is -2.40. The number of nitrogens with zero attached hydrogens (tertiary/aromatic N) is 1. The molecule has 3 rings (SSSR count). The molecule has 1 heterocycles. The summed E-state index contributed by atoms with van der Waals surface area (Å²) in [5.74, 6) is 0.532. The largest absolute Gasteiger partial charge is 0.243 e. The van der Waals surface area contributed by atoms with Crippen LogP contribution in [-0.4, -0.2) is 30.1 Å². The predicted molar refractivity (Wildman–Crippen MR) is 78.9 cm³/mol. The standard InChI is InChI=1S/C14H18BrNO2S/c1-10-2-5-12(6-3-10)19(17,18)16-9-8-11-4-7-13(15)14(11)16/h2-3,5-6,11,13-14H,4,7-9H2,1H3/t11-,13?,14+/m0/s1. The van der Waals surface area contributed by atoms with Gasteiger partial charge in [-0.1, -0.05) is 33.6 Å². The summed E-state index contributed by atoms with van der Waals surface area (Å²) in [7, 11) is -3.34. The van der Waals surface area contributed by atoms with E-state index in [-0.39, 0.29) is 6.04 Å². The van der Waals surface area contributed by atoms with Gasteiger partial charge in [-0.05, 0) is 44.2 Å². The van der Waals surface area contributed by atoms with Crippen molar-refractivity contribution in [2.45, 2.75) is 42.0 Å². The molecule has 0 bridgehead atoms. The van der Waals surface area contributed by atoms with Crippen molar-refractivity contribution in [1.82, 2.24) is 4.31 Å². The van der Waals surface area contributed by atoms with Crippen LogP contribution in [0.3, 0.4) is 0 Å². The van der Waals surface area contributed by atoms with Gasteiger partial charge in [-0.25, -0.2) is 8.42 Å². The molecule has 0 aromatic heterocycles. The Bertz CT molecular complexity index is 570. The zero-order valence-corrected chi connectivity index (χ0v) is 13.3. The summed E-state index contributed by atoms with van der Waals surface area (Å²) in [5, 5.41) is 0. The highest BCUT2D eigenvalue weighted by Crippen LogP contribution is 2.43. The maximum Gasteiger partial charge on any atom is 0.243 e. The topological polar surface area (TPSA) is 37.4 Å². The van der Waals surface area contributed by atoms with Crippen LogP contribution in [0.5, 0.6) is 0 Å². The number of hydrogen-bond donors (Lipinski definition) is 0. The molecule has 1 aliphatic carbocycles. The summed E-state index contributed by atoms with van der Waals surface area (Å²) in [6.45, 7) is 2.63. The van der Waals surface area contributed by atoms with Gasteiger partial charge in [0, 0.05) is 17.4 Å². The van der Waals surface area contributed by atoms with Crippen LogP contribution in [0.1, 0.15) is 24.8 Å². The first-order valence-corrected chi connectivity index (χ1v) is 9.08. The summed E-state index contributed by atoms with van der Waals surface area (Å²) < 4.78 is 27.2. The van der Waals surface area contributed by atoms with Gasteiger partial charge in [0.1, 0.15) is 0 Å². The number of alkyl halides is 1. The Labute approximate surface area is 123 Å². The van der Waals surface area contributed by atoms with Crippen molar-refractivity contribution in [1.29, 1.82) is 0 Å². The van der Waals surface area contributed by atoms with Crippen LogP contribution >= 0.6 is 15.9 Å². The second-order valence-electron chi connectivity index (χ2n) is 5.56. The number of halogens is 1. The Morgan fingerprint density at radius 1 is 1.16 bits per heavy atom. The monoisotopic (exact) mass is 343 g/mol. The molecule has 19 heavy (non-hydrogen) atoms. The second-order valence-corrected chi connectivity index (χ2v) is 8.63. The molecule has 3 atom stereocenters. The Morgan fingerprint density at radius 2 is 1.84 bits per heavy atom. The Balaban J connectivity index is 1.94. The summed E-state index contributed by atoms with van der Waals surface area (Å²) in [5.41, 5.74) is 1.08. The van der Waals surface area contributed by atoms with E-state index in [1.165, 1.54) is 0 Å². The fourth-order valence-electron chi connectivity index (χ4n) is 3.31. The minimum absolute atomic E-state index is 0.145. The predicted octanol–water partition coefficient (Wildman–Crippen LogP) is 2.93. The van der Waals surface area contributed by atoms with Crippen LogP contribution in [0.2, 0.25) is 0 Å². The highest BCUT2D eigenvalue weighted by molar-refractivity contribution is 9.09. The summed E-state index contributed by atoms with van der Waals surface area (Å²) in [4.78, 5) is 0.727. The third-order valence-corrected chi connectivity index (χ3v) is 7.26. The molecule has 1 unspecified atom stereocenters. The van der Waals surface area contributed by atoms with Crippen molar-refractivity contribution in [3.05, 3.63) is 29.8 Å². The van der Waals surface area contributed by atoms with Crippen LogP contribution in [0.25, 0.3) is 0 Å². The van der Waals surface area contributed by atoms with E-state index in [1.54, 1.807) is 16.4 Å². The van der Waals surface area contributed by atoms with Crippen LogP contribution in [-0.2, 0) is 10.0 Å². The summed E-state index contributed by atoms with van der Waals surface area (Å²) in [6, 6.07) is 7.31. The van der Waals surface area contributed by atoms with Gasteiger partial charge in [-0.15, -0.1) is 0 Å². The van der Waals surface area contributed by atoms with E-state index in [0.717, 1.165) is 24.8 Å². The van der Waals surface area contributed by atoms with Crippen LogP contribution < -0.4 is 0 Å². The minimum atomic E-state index is -3.34. The number of rotatable bonds is 2. The molecule has 1 aliphatic heterocycles. The van der Waals surface area contributed by atoms with Crippen molar-refractivity contribution in [2.75, 3.05) is 6.54 Å². The average Bonchev–Trinajstić information content (AvgIpc) is 2.94. The van der Waals surface area contributed by atoms with Crippen molar-refractivity contribution in [3.63, 3.8) is 0 Å². The third-order valence-electron chi connectivity index (χ3n) is 4.35. The number of benzene rings is 1. The first-order valence-electron chi connectivity index (χ1n) is 6.73. The van der Waals surface area contributed by atoms with Gasteiger partial charge in [0.05, 0.1) is 4.90 Å². The Hall–Kier alpha value is -0.390. The number of fused-ring (bicyclic) bond motifs is 1. The van der Waals surface area contributed by atoms with Gasteiger partial charge >= 0.3 is 0 Å². The average molecular weight is 344 g/mol. The molecule has 0 spiro atoms. The third kappa shape index (κ3) is 2.26. The molecule has 2 aliphatic rings. The maximum atomic E-state index is 12.7. The molecule has 3 nitrogen and oxygen atoms in total. The molecule has 0 radical (unpaired) electrons. The summed E-state index contributed by atoms with van der Waals surface area (Å²) >= 11 is 3.66. The molecular formula is C14H18BrNO2S. The molecule has 2 fully saturated rings. The van der Waals surface area contributed by atoms with E-state index in [9.17, 15) is 8.42 Å². The van der Waals surface area contributed by atoms with Gasteiger partial charge < -0.3 is 0 Å². The molecule has 1 saturated heterocycles. The van der Waals surface area contributed by atoms with E-state index >= 15 is 0 Å². The smallest absolute Gasteiger partial charge is 0.207 e.